The van der Waals surface area contributed by atoms with Crippen molar-refractivity contribution in [3.8, 4) is 0 Å². The topological polar surface area (TPSA) is 54.0 Å². The highest BCUT2D eigenvalue weighted by atomic mass is 16.2. The number of nitrogens with zero attached hydrogens (tertiary/aromatic N) is 1. The molecule has 1 atom stereocenters. The minimum absolute atomic E-state index is 0.0582. The van der Waals surface area contributed by atoms with E-state index >= 15 is 0 Å². The fourth-order valence-corrected chi connectivity index (χ4v) is 2.09. The van der Waals surface area contributed by atoms with Crippen molar-refractivity contribution in [1.29, 1.82) is 0 Å². The second-order valence-electron chi connectivity index (χ2n) is 4.48. The number of carbonyl (C=O) groups excluding carboxylic acids is 1. The summed E-state index contributed by atoms with van der Waals surface area (Å²) in [4.78, 5) is 16.2. The number of aryl methyl sites for hydroxylation is 1. The van der Waals surface area contributed by atoms with Crippen LogP contribution in [0, 0.1) is 6.92 Å². The molecule has 0 aliphatic carbocycles. The highest BCUT2D eigenvalue weighted by Gasteiger charge is 2.19. The van der Waals surface area contributed by atoms with Crippen molar-refractivity contribution in [2.24, 2.45) is 0 Å². The molecule has 1 aliphatic heterocycles. The molecular formula is C13H19N3O. The number of aromatic nitrogens is 1. The lowest BCUT2D eigenvalue weighted by Crippen LogP contribution is -2.40. The molecule has 0 bridgehead atoms. The summed E-state index contributed by atoms with van der Waals surface area (Å²) in [6, 6.07) is 3.66. The Balaban J connectivity index is 1.98. The van der Waals surface area contributed by atoms with E-state index in [4.69, 9.17) is 0 Å². The third-order valence-corrected chi connectivity index (χ3v) is 3.14. The number of carbonyl (C=O) groups is 1. The Kier molecular flexibility index (Phi) is 4.09. The Morgan fingerprint density at radius 2 is 2.35 bits per heavy atom. The second kappa shape index (κ2) is 5.77. The fourth-order valence-electron chi connectivity index (χ4n) is 2.09. The summed E-state index contributed by atoms with van der Waals surface area (Å²) >= 11 is 0. The number of hydrogen-bond donors (Lipinski definition) is 2. The molecule has 2 rings (SSSR count). The number of nitrogens with one attached hydrogen (secondary N) is 2. The average molecular weight is 233 g/mol. The molecule has 1 amide bonds. The van der Waals surface area contributed by atoms with E-state index in [1.807, 2.05) is 19.1 Å². The van der Waals surface area contributed by atoms with Gasteiger partial charge in [-0.15, -0.1) is 0 Å². The maximum atomic E-state index is 12.1. The third kappa shape index (κ3) is 3.27. The lowest BCUT2D eigenvalue weighted by molar-refractivity contribution is -0.118. The molecule has 0 spiro atoms. The van der Waals surface area contributed by atoms with Crippen LogP contribution in [0.5, 0.6) is 0 Å². The molecule has 1 aromatic rings. The van der Waals surface area contributed by atoms with Gasteiger partial charge in [0, 0.05) is 6.20 Å². The van der Waals surface area contributed by atoms with Crippen LogP contribution in [0.2, 0.25) is 0 Å². The van der Waals surface area contributed by atoms with Crippen LogP contribution >= 0.6 is 0 Å². The van der Waals surface area contributed by atoms with E-state index in [2.05, 4.69) is 15.6 Å². The zero-order valence-electron chi connectivity index (χ0n) is 10.2. The van der Waals surface area contributed by atoms with Crippen molar-refractivity contribution < 1.29 is 4.79 Å². The van der Waals surface area contributed by atoms with Gasteiger partial charge in [-0.1, -0.05) is 12.8 Å². The van der Waals surface area contributed by atoms with E-state index in [1.165, 1.54) is 6.42 Å². The molecule has 17 heavy (non-hydrogen) atoms. The lowest BCUT2D eigenvalue weighted by Gasteiger charge is -2.16. The largest absolute Gasteiger partial charge is 0.323 e. The van der Waals surface area contributed by atoms with Gasteiger partial charge >= 0.3 is 0 Å². The van der Waals surface area contributed by atoms with Crippen LogP contribution in [0.1, 0.15) is 31.4 Å². The number of pyridine rings is 1. The Hall–Kier alpha value is -1.42. The van der Waals surface area contributed by atoms with Gasteiger partial charge < -0.3 is 10.6 Å². The molecule has 2 heterocycles. The van der Waals surface area contributed by atoms with Crippen molar-refractivity contribution in [2.75, 3.05) is 11.9 Å². The minimum atomic E-state index is -0.0582. The molecule has 0 radical (unpaired) electrons. The van der Waals surface area contributed by atoms with Crippen molar-refractivity contribution in [2.45, 2.75) is 38.6 Å². The van der Waals surface area contributed by atoms with E-state index in [0.717, 1.165) is 37.2 Å². The first-order chi connectivity index (χ1) is 8.27. The summed E-state index contributed by atoms with van der Waals surface area (Å²) in [6.07, 6.45) is 6.15. The molecular weight excluding hydrogens is 214 g/mol. The molecule has 0 saturated carbocycles. The van der Waals surface area contributed by atoms with Gasteiger partial charge in [0.15, 0.2) is 0 Å². The standard InChI is InChI=1S/C13H19N3O/c1-10-11(7-5-9-14-10)16-13(17)12-6-3-2-4-8-15-12/h5,7,9,12,15H,2-4,6,8H2,1H3,(H,16,17). The number of hydrogen-bond acceptors (Lipinski definition) is 3. The van der Waals surface area contributed by atoms with Crippen molar-refractivity contribution in [1.82, 2.24) is 10.3 Å². The lowest BCUT2D eigenvalue weighted by atomic mass is 10.1. The molecule has 1 unspecified atom stereocenters. The number of rotatable bonds is 2. The molecule has 0 aromatic carbocycles. The maximum Gasteiger partial charge on any atom is 0.241 e. The summed E-state index contributed by atoms with van der Waals surface area (Å²) in [5.41, 5.74) is 1.66. The van der Waals surface area contributed by atoms with Crippen LogP contribution in [0.15, 0.2) is 18.3 Å². The van der Waals surface area contributed by atoms with Gasteiger partial charge in [-0.25, -0.2) is 0 Å². The first-order valence-corrected chi connectivity index (χ1v) is 6.23. The first kappa shape index (κ1) is 12.0. The SMILES string of the molecule is Cc1ncccc1NC(=O)C1CCCCCN1. The predicted molar refractivity (Wildman–Crippen MR) is 67.9 cm³/mol. The molecule has 1 aliphatic rings. The van der Waals surface area contributed by atoms with Gasteiger partial charge in [0.2, 0.25) is 5.91 Å². The zero-order chi connectivity index (χ0) is 12.1. The summed E-state index contributed by atoms with van der Waals surface area (Å²) in [5.74, 6) is 0.0583. The monoisotopic (exact) mass is 233 g/mol. The van der Waals surface area contributed by atoms with Crippen LogP contribution in [0.3, 0.4) is 0 Å². The van der Waals surface area contributed by atoms with Crippen molar-refractivity contribution in [3.63, 3.8) is 0 Å². The fraction of sp³-hybridized carbons (Fsp3) is 0.538. The van der Waals surface area contributed by atoms with Gasteiger partial charge in [-0.3, -0.25) is 9.78 Å². The normalized spacial score (nSPS) is 20.6. The zero-order valence-corrected chi connectivity index (χ0v) is 10.2. The predicted octanol–water partition coefficient (Wildman–Crippen LogP) is 1.86. The van der Waals surface area contributed by atoms with Crippen LogP contribution in [-0.2, 0) is 4.79 Å². The Bertz CT molecular complexity index is 384. The summed E-state index contributed by atoms with van der Waals surface area (Å²) in [7, 11) is 0. The molecule has 4 heteroatoms. The van der Waals surface area contributed by atoms with Crippen LogP contribution in [0.4, 0.5) is 5.69 Å². The van der Waals surface area contributed by atoms with Gasteiger partial charge in [0.05, 0.1) is 17.4 Å². The van der Waals surface area contributed by atoms with E-state index < -0.39 is 0 Å². The molecule has 92 valence electrons. The summed E-state index contributed by atoms with van der Waals surface area (Å²) in [6.45, 7) is 2.83. The van der Waals surface area contributed by atoms with E-state index in [1.54, 1.807) is 6.20 Å². The molecule has 1 fully saturated rings. The summed E-state index contributed by atoms with van der Waals surface area (Å²) in [5, 5.41) is 6.23. The quantitative estimate of drug-likeness (QED) is 0.819. The third-order valence-electron chi connectivity index (χ3n) is 3.14. The highest BCUT2D eigenvalue weighted by molar-refractivity contribution is 5.95. The minimum Gasteiger partial charge on any atom is -0.323 e. The van der Waals surface area contributed by atoms with E-state index in [-0.39, 0.29) is 11.9 Å². The first-order valence-electron chi connectivity index (χ1n) is 6.23. The Labute approximate surface area is 102 Å². The summed E-state index contributed by atoms with van der Waals surface area (Å²) < 4.78 is 0. The number of amides is 1. The average Bonchev–Trinajstić information content (AvgIpc) is 2.61. The Morgan fingerprint density at radius 1 is 1.47 bits per heavy atom. The Morgan fingerprint density at radius 3 is 3.18 bits per heavy atom. The molecule has 1 saturated heterocycles. The van der Waals surface area contributed by atoms with Gasteiger partial charge in [0.25, 0.3) is 0 Å². The molecule has 1 aromatic heterocycles. The molecule has 2 N–H and O–H groups in total. The van der Waals surface area contributed by atoms with Crippen LogP contribution in [-0.4, -0.2) is 23.5 Å². The van der Waals surface area contributed by atoms with Gasteiger partial charge in [-0.05, 0) is 38.4 Å². The number of anilines is 1. The van der Waals surface area contributed by atoms with Crippen LogP contribution in [0.25, 0.3) is 0 Å². The second-order valence-corrected chi connectivity index (χ2v) is 4.48. The maximum absolute atomic E-state index is 12.1. The smallest absolute Gasteiger partial charge is 0.241 e. The van der Waals surface area contributed by atoms with Crippen molar-refractivity contribution in [3.05, 3.63) is 24.0 Å². The highest BCUT2D eigenvalue weighted by Crippen LogP contribution is 2.13. The van der Waals surface area contributed by atoms with Gasteiger partial charge in [0.1, 0.15) is 0 Å². The van der Waals surface area contributed by atoms with Gasteiger partial charge in [-0.2, -0.15) is 0 Å². The van der Waals surface area contributed by atoms with E-state index in [9.17, 15) is 4.79 Å². The molecule has 4 nitrogen and oxygen atoms in total. The van der Waals surface area contributed by atoms with E-state index in [0.29, 0.717) is 0 Å². The van der Waals surface area contributed by atoms with Crippen molar-refractivity contribution >= 4 is 11.6 Å². The van der Waals surface area contributed by atoms with Crippen LogP contribution < -0.4 is 10.6 Å².